The van der Waals surface area contributed by atoms with Crippen molar-refractivity contribution in [1.29, 1.82) is 0 Å². The predicted molar refractivity (Wildman–Crippen MR) is 60.6 cm³/mol. The van der Waals surface area contributed by atoms with Crippen LogP contribution in [-0.4, -0.2) is 26.5 Å². The second kappa shape index (κ2) is 4.80. The molecular formula is C9H10ClN5O. The molecule has 2 aromatic heterocycles. The quantitative estimate of drug-likeness (QED) is 0.825. The lowest BCUT2D eigenvalue weighted by atomic mass is 10.4. The largest absolute Gasteiger partial charge is 0.381 e. The zero-order valence-corrected chi connectivity index (χ0v) is 9.11. The third kappa shape index (κ3) is 2.40. The Morgan fingerprint density at radius 2 is 2.44 bits per heavy atom. The maximum Gasteiger partial charge on any atom is 0.285 e. The second-order valence-corrected chi connectivity index (χ2v) is 3.50. The van der Waals surface area contributed by atoms with E-state index < -0.39 is 5.56 Å². The van der Waals surface area contributed by atoms with E-state index >= 15 is 0 Å². The summed E-state index contributed by atoms with van der Waals surface area (Å²) in [7, 11) is 0. The van der Waals surface area contributed by atoms with E-state index in [1.54, 1.807) is 10.9 Å². The van der Waals surface area contributed by atoms with Gasteiger partial charge in [0.25, 0.3) is 5.56 Å². The Kier molecular flexibility index (Phi) is 3.21. The number of nitrogens with zero attached hydrogens (tertiary/aromatic N) is 3. The van der Waals surface area contributed by atoms with Crippen LogP contribution in [0.25, 0.3) is 0 Å². The van der Waals surface area contributed by atoms with Crippen LogP contribution in [0.3, 0.4) is 0 Å². The minimum Gasteiger partial charge on any atom is -0.381 e. The molecule has 0 spiro atoms. The Hall–Kier alpha value is -1.82. The number of hydrogen-bond acceptors (Lipinski definition) is 4. The fourth-order valence-electron chi connectivity index (χ4n) is 1.24. The summed E-state index contributed by atoms with van der Waals surface area (Å²) in [6.45, 7) is 1.31. The van der Waals surface area contributed by atoms with Crippen LogP contribution < -0.4 is 10.9 Å². The normalized spacial score (nSPS) is 10.3. The first-order valence-corrected chi connectivity index (χ1v) is 5.09. The minimum absolute atomic E-state index is 0.121. The Bertz CT molecular complexity index is 507. The summed E-state index contributed by atoms with van der Waals surface area (Å²) in [5.74, 6) is 0. The predicted octanol–water partition coefficient (Wildman–Crippen LogP) is 0.732. The van der Waals surface area contributed by atoms with Crippen molar-refractivity contribution in [3.05, 3.63) is 40.0 Å². The molecule has 0 saturated carbocycles. The monoisotopic (exact) mass is 239 g/mol. The van der Waals surface area contributed by atoms with Crippen LogP contribution in [0.1, 0.15) is 0 Å². The van der Waals surface area contributed by atoms with Gasteiger partial charge in [-0.15, -0.1) is 0 Å². The number of hydrogen-bond donors (Lipinski definition) is 2. The number of nitrogens with one attached hydrogen (secondary N) is 2. The van der Waals surface area contributed by atoms with Gasteiger partial charge in [-0.3, -0.25) is 9.48 Å². The fourth-order valence-corrected chi connectivity index (χ4v) is 1.40. The van der Waals surface area contributed by atoms with Gasteiger partial charge in [0.1, 0.15) is 5.02 Å². The molecule has 0 bridgehead atoms. The highest BCUT2D eigenvalue weighted by Crippen LogP contribution is 2.13. The van der Waals surface area contributed by atoms with Crippen LogP contribution in [0.5, 0.6) is 0 Å². The summed E-state index contributed by atoms with van der Waals surface area (Å²) in [4.78, 5) is 11.1. The average Bonchev–Trinajstić information content (AvgIpc) is 2.77. The smallest absolute Gasteiger partial charge is 0.285 e. The molecule has 0 radical (unpaired) electrons. The number of rotatable bonds is 4. The first-order valence-electron chi connectivity index (χ1n) is 4.72. The first-order chi connectivity index (χ1) is 7.77. The molecule has 0 amide bonds. The van der Waals surface area contributed by atoms with Gasteiger partial charge in [-0.25, -0.2) is 5.10 Å². The third-order valence-electron chi connectivity index (χ3n) is 2.01. The van der Waals surface area contributed by atoms with E-state index in [0.29, 0.717) is 18.8 Å². The van der Waals surface area contributed by atoms with Crippen molar-refractivity contribution in [2.75, 3.05) is 11.9 Å². The highest BCUT2D eigenvalue weighted by atomic mass is 35.5. The number of H-pyrrole nitrogens is 1. The highest BCUT2D eigenvalue weighted by molar-refractivity contribution is 6.32. The molecule has 2 aromatic rings. The van der Waals surface area contributed by atoms with Crippen molar-refractivity contribution in [3.63, 3.8) is 0 Å². The van der Waals surface area contributed by atoms with Crippen LogP contribution in [0, 0.1) is 0 Å². The molecule has 7 heteroatoms. The van der Waals surface area contributed by atoms with E-state index in [-0.39, 0.29) is 5.02 Å². The molecule has 84 valence electrons. The summed E-state index contributed by atoms with van der Waals surface area (Å²) in [6, 6.07) is 1.85. The minimum atomic E-state index is -0.397. The van der Waals surface area contributed by atoms with Gasteiger partial charge in [-0.05, 0) is 6.07 Å². The summed E-state index contributed by atoms with van der Waals surface area (Å²) in [6.07, 6.45) is 5.05. The fraction of sp³-hybridized carbons (Fsp3) is 0.222. The summed E-state index contributed by atoms with van der Waals surface area (Å²) in [5.41, 5.74) is 0.128. The Balaban J connectivity index is 1.95. The highest BCUT2D eigenvalue weighted by Gasteiger charge is 2.03. The molecule has 0 atom stereocenters. The molecule has 0 fully saturated rings. The van der Waals surface area contributed by atoms with Crippen molar-refractivity contribution in [1.82, 2.24) is 20.0 Å². The molecule has 0 aromatic carbocycles. The molecular weight excluding hydrogens is 230 g/mol. The van der Waals surface area contributed by atoms with E-state index in [9.17, 15) is 4.79 Å². The molecule has 0 unspecified atom stereocenters. The maximum absolute atomic E-state index is 11.1. The summed E-state index contributed by atoms with van der Waals surface area (Å²) < 4.78 is 1.78. The van der Waals surface area contributed by atoms with Gasteiger partial charge in [-0.1, -0.05) is 11.6 Å². The van der Waals surface area contributed by atoms with Gasteiger partial charge < -0.3 is 5.32 Å². The summed E-state index contributed by atoms with van der Waals surface area (Å²) >= 11 is 5.79. The van der Waals surface area contributed by atoms with Crippen molar-refractivity contribution < 1.29 is 0 Å². The van der Waals surface area contributed by atoms with Crippen LogP contribution in [-0.2, 0) is 6.54 Å². The number of halogens is 1. The summed E-state index contributed by atoms with van der Waals surface area (Å²) in [5, 5.41) is 13.1. The van der Waals surface area contributed by atoms with Crippen LogP contribution in [0.2, 0.25) is 5.02 Å². The standard InChI is InChI=1S/C9H10ClN5O/c10-8-7(6-12-14-9(8)16)11-3-5-15-4-1-2-13-15/h1-2,4,6H,3,5H2,(H2,11,14,16). The van der Waals surface area contributed by atoms with E-state index in [4.69, 9.17) is 11.6 Å². The lowest BCUT2D eigenvalue weighted by Gasteiger charge is -2.06. The molecule has 2 rings (SSSR count). The molecule has 6 nitrogen and oxygen atoms in total. The molecule has 2 N–H and O–H groups in total. The molecule has 16 heavy (non-hydrogen) atoms. The average molecular weight is 240 g/mol. The second-order valence-electron chi connectivity index (χ2n) is 3.12. The van der Waals surface area contributed by atoms with Crippen LogP contribution in [0.4, 0.5) is 5.69 Å². The Morgan fingerprint density at radius 1 is 1.56 bits per heavy atom. The SMILES string of the molecule is O=c1[nH]ncc(NCCn2cccn2)c1Cl. The van der Waals surface area contributed by atoms with Crippen molar-refractivity contribution in [2.24, 2.45) is 0 Å². The Labute approximate surface area is 96.2 Å². The third-order valence-corrected chi connectivity index (χ3v) is 2.39. The maximum atomic E-state index is 11.1. The molecule has 2 heterocycles. The van der Waals surface area contributed by atoms with Crippen LogP contribution >= 0.6 is 11.6 Å². The first kappa shape index (κ1) is 10.7. The topological polar surface area (TPSA) is 75.6 Å². The molecule has 0 aliphatic rings. The van der Waals surface area contributed by atoms with Crippen LogP contribution in [0.15, 0.2) is 29.5 Å². The van der Waals surface area contributed by atoms with E-state index in [1.807, 2.05) is 12.3 Å². The van der Waals surface area contributed by atoms with Gasteiger partial charge in [0.15, 0.2) is 0 Å². The zero-order valence-electron chi connectivity index (χ0n) is 8.35. The van der Waals surface area contributed by atoms with E-state index in [0.717, 1.165) is 0 Å². The Morgan fingerprint density at radius 3 is 3.19 bits per heavy atom. The van der Waals surface area contributed by atoms with Gasteiger partial charge in [-0.2, -0.15) is 10.2 Å². The van der Waals surface area contributed by atoms with Gasteiger partial charge >= 0.3 is 0 Å². The van der Waals surface area contributed by atoms with Crippen molar-refractivity contribution in [3.8, 4) is 0 Å². The molecule has 0 aliphatic heterocycles. The van der Waals surface area contributed by atoms with E-state index in [2.05, 4.69) is 20.6 Å². The molecule has 0 saturated heterocycles. The number of aromatic nitrogens is 4. The number of aromatic amines is 1. The van der Waals surface area contributed by atoms with Gasteiger partial charge in [0.05, 0.1) is 18.4 Å². The number of anilines is 1. The lowest BCUT2D eigenvalue weighted by molar-refractivity contribution is 0.637. The van der Waals surface area contributed by atoms with Gasteiger partial charge in [0, 0.05) is 18.9 Å². The molecule has 0 aliphatic carbocycles. The lowest BCUT2D eigenvalue weighted by Crippen LogP contribution is -2.15. The van der Waals surface area contributed by atoms with Crippen molar-refractivity contribution in [2.45, 2.75) is 6.54 Å². The zero-order chi connectivity index (χ0) is 11.4. The van der Waals surface area contributed by atoms with Gasteiger partial charge in [0.2, 0.25) is 0 Å². The van der Waals surface area contributed by atoms with Crippen molar-refractivity contribution >= 4 is 17.3 Å². The van der Waals surface area contributed by atoms with E-state index in [1.165, 1.54) is 6.20 Å².